The van der Waals surface area contributed by atoms with E-state index in [4.69, 9.17) is 5.73 Å². The summed E-state index contributed by atoms with van der Waals surface area (Å²) in [5.74, 6) is 1.23. The van der Waals surface area contributed by atoms with E-state index in [0.717, 1.165) is 18.4 Å². The van der Waals surface area contributed by atoms with Gasteiger partial charge in [-0.15, -0.1) is 24.8 Å². The third-order valence-electron chi connectivity index (χ3n) is 5.57. The van der Waals surface area contributed by atoms with Gasteiger partial charge in [0.05, 0.1) is 0 Å². The van der Waals surface area contributed by atoms with Crippen LogP contribution < -0.4 is 11.1 Å². The number of amides is 1. The molecule has 1 aromatic carbocycles. The van der Waals surface area contributed by atoms with E-state index in [2.05, 4.69) is 5.32 Å². The van der Waals surface area contributed by atoms with E-state index in [0.29, 0.717) is 23.9 Å². The lowest BCUT2D eigenvalue weighted by Crippen LogP contribution is -2.55. The molecular formula is C19H31Cl2N3O. The van der Waals surface area contributed by atoms with E-state index in [1.54, 1.807) is 0 Å². The highest BCUT2D eigenvalue weighted by Gasteiger charge is 2.40. The Balaban J connectivity index is 0.00000156. The Morgan fingerprint density at radius 3 is 2.20 bits per heavy atom. The number of hydrogen-bond donors (Lipinski definition) is 2. The number of likely N-dealkylation sites (N-methyl/N-ethyl adjacent to an activating group) is 1. The highest BCUT2D eigenvalue weighted by atomic mass is 35.5. The van der Waals surface area contributed by atoms with Gasteiger partial charge in [0.15, 0.2) is 0 Å². The standard InChI is InChI=1S/C19H29N3O.2ClH/c1-22(2)18(13-7-4-3-5-8-13)19(23)21-17-14-9-6-10-15(17)12-16(20)11-14;;/h3-5,7-8,14-18H,6,9-12,20H2,1-2H3,(H,21,23);2*1H. The molecule has 6 heteroatoms. The SMILES string of the molecule is CN(C)C(C(=O)NC1C2CCCC1CC(N)C2)c1ccccc1.Cl.Cl. The van der Waals surface area contributed by atoms with Crippen LogP contribution in [0.1, 0.15) is 43.7 Å². The molecule has 25 heavy (non-hydrogen) atoms. The topological polar surface area (TPSA) is 58.4 Å². The van der Waals surface area contributed by atoms with Crippen LogP contribution in [0.2, 0.25) is 0 Å². The second-order valence-corrected chi connectivity index (χ2v) is 7.49. The Morgan fingerprint density at radius 1 is 1.12 bits per heavy atom. The summed E-state index contributed by atoms with van der Waals surface area (Å²) in [4.78, 5) is 15.0. The number of fused-ring (bicyclic) bond motifs is 2. The van der Waals surface area contributed by atoms with E-state index in [9.17, 15) is 4.79 Å². The lowest BCUT2D eigenvalue weighted by Gasteiger charge is -2.45. The number of nitrogens with one attached hydrogen (secondary N) is 1. The highest BCUT2D eigenvalue weighted by molar-refractivity contribution is 5.85. The van der Waals surface area contributed by atoms with Crippen LogP contribution in [0.3, 0.4) is 0 Å². The van der Waals surface area contributed by atoms with Crippen LogP contribution in [-0.4, -0.2) is 37.0 Å². The fraction of sp³-hybridized carbons (Fsp3) is 0.632. The van der Waals surface area contributed by atoms with Gasteiger partial charge in [0.25, 0.3) is 0 Å². The minimum atomic E-state index is -0.229. The molecule has 142 valence electrons. The normalized spacial score (nSPS) is 29.1. The van der Waals surface area contributed by atoms with Crippen LogP contribution >= 0.6 is 24.8 Å². The van der Waals surface area contributed by atoms with Crippen LogP contribution in [0.15, 0.2) is 30.3 Å². The summed E-state index contributed by atoms with van der Waals surface area (Å²) >= 11 is 0. The lowest BCUT2D eigenvalue weighted by molar-refractivity contribution is -0.128. The van der Waals surface area contributed by atoms with Gasteiger partial charge < -0.3 is 11.1 Å². The fourth-order valence-corrected chi connectivity index (χ4v) is 4.59. The van der Waals surface area contributed by atoms with E-state index < -0.39 is 0 Å². The van der Waals surface area contributed by atoms with E-state index in [1.807, 2.05) is 49.3 Å². The Labute approximate surface area is 163 Å². The molecule has 0 radical (unpaired) electrons. The number of rotatable bonds is 4. The summed E-state index contributed by atoms with van der Waals surface area (Å²) < 4.78 is 0. The van der Waals surface area contributed by atoms with Crippen molar-refractivity contribution in [3.8, 4) is 0 Å². The van der Waals surface area contributed by atoms with Crippen molar-refractivity contribution in [1.82, 2.24) is 10.2 Å². The second kappa shape index (κ2) is 9.77. The van der Waals surface area contributed by atoms with Crippen molar-refractivity contribution in [3.63, 3.8) is 0 Å². The minimum absolute atomic E-state index is 0. The molecule has 0 aromatic heterocycles. The van der Waals surface area contributed by atoms with E-state index >= 15 is 0 Å². The van der Waals surface area contributed by atoms with Gasteiger partial charge in [0.1, 0.15) is 6.04 Å². The molecule has 4 nitrogen and oxygen atoms in total. The predicted octanol–water partition coefficient (Wildman–Crippen LogP) is 3.16. The molecule has 0 spiro atoms. The summed E-state index contributed by atoms with van der Waals surface area (Å²) in [5, 5.41) is 3.39. The Kier molecular flexibility index (Phi) is 8.69. The highest BCUT2D eigenvalue weighted by Crippen LogP contribution is 2.40. The molecule has 3 N–H and O–H groups in total. The number of carbonyl (C=O) groups is 1. The number of carbonyl (C=O) groups excluding carboxylic acids is 1. The molecule has 0 heterocycles. The van der Waals surface area contributed by atoms with Crippen molar-refractivity contribution in [2.75, 3.05) is 14.1 Å². The van der Waals surface area contributed by atoms with E-state index in [1.165, 1.54) is 19.3 Å². The zero-order valence-electron chi connectivity index (χ0n) is 15.1. The van der Waals surface area contributed by atoms with E-state index in [-0.39, 0.29) is 36.8 Å². The minimum Gasteiger partial charge on any atom is -0.351 e. The van der Waals surface area contributed by atoms with Gasteiger partial charge in [0, 0.05) is 12.1 Å². The van der Waals surface area contributed by atoms with Crippen molar-refractivity contribution >= 4 is 30.7 Å². The summed E-state index contributed by atoms with van der Waals surface area (Å²) in [7, 11) is 3.93. The number of hydrogen-bond acceptors (Lipinski definition) is 3. The summed E-state index contributed by atoms with van der Waals surface area (Å²) in [6.45, 7) is 0. The number of nitrogens with zero attached hydrogens (tertiary/aromatic N) is 1. The van der Waals surface area contributed by atoms with Crippen LogP contribution in [0.4, 0.5) is 0 Å². The lowest BCUT2D eigenvalue weighted by atomic mass is 9.67. The summed E-state index contributed by atoms with van der Waals surface area (Å²) in [6, 6.07) is 10.4. The van der Waals surface area contributed by atoms with Crippen LogP contribution in [-0.2, 0) is 4.79 Å². The fourth-order valence-electron chi connectivity index (χ4n) is 4.59. The molecule has 2 saturated carbocycles. The predicted molar refractivity (Wildman–Crippen MR) is 107 cm³/mol. The molecule has 2 aliphatic carbocycles. The van der Waals surface area contributed by atoms with Gasteiger partial charge in [-0.1, -0.05) is 36.8 Å². The van der Waals surface area contributed by atoms with Crippen molar-refractivity contribution < 1.29 is 4.79 Å². The summed E-state index contributed by atoms with van der Waals surface area (Å²) in [5.41, 5.74) is 7.24. The molecule has 2 fully saturated rings. The first-order valence-corrected chi connectivity index (χ1v) is 8.83. The molecular weight excluding hydrogens is 357 g/mol. The maximum atomic E-state index is 13.0. The van der Waals surface area contributed by atoms with Crippen LogP contribution in [0.25, 0.3) is 0 Å². The van der Waals surface area contributed by atoms with Crippen LogP contribution in [0, 0.1) is 11.8 Å². The van der Waals surface area contributed by atoms with Gasteiger partial charge >= 0.3 is 0 Å². The first kappa shape index (κ1) is 22.2. The molecule has 1 amide bonds. The third-order valence-corrected chi connectivity index (χ3v) is 5.57. The maximum Gasteiger partial charge on any atom is 0.242 e. The molecule has 3 rings (SSSR count). The first-order valence-electron chi connectivity index (χ1n) is 8.83. The van der Waals surface area contributed by atoms with Gasteiger partial charge in [-0.05, 0) is 57.2 Å². The van der Waals surface area contributed by atoms with Gasteiger partial charge in [0.2, 0.25) is 5.91 Å². The molecule has 0 saturated heterocycles. The molecule has 3 atom stereocenters. The zero-order valence-corrected chi connectivity index (χ0v) is 16.7. The average molecular weight is 388 g/mol. The monoisotopic (exact) mass is 387 g/mol. The Hall–Kier alpha value is -0.810. The number of benzene rings is 1. The number of halogens is 2. The Bertz CT molecular complexity index is 527. The third kappa shape index (κ3) is 5.10. The largest absolute Gasteiger partial charge is 0.351 e. The first-order chi connectivity index (χ1) is 11.1. The molecule has 2 aliphatic rings. The average Bonchev–Trinajstić information content (AvgIpc) is 2.49. The molecule has 2 bridgehead atoms. The van der Waals surface area contributed by atoms with Crippen molar-refractivity contribution in [3.05, 3.63) is 35.9 Å². The van der Waals surface area contributed by atoms with Gasteiger partial charge in [-0.2, -0.15) is 0 Å². The Morgan fingerprint density at radius 2 is 1.68 bits per heavy atom. The van der Waals surface area contributed by atoms with Gasteiger partial charge in [-0.25, -0.2) is 0 Å². The summed E-state index contributed by atoms with van der Waals surface area (Å²) in [6.07, 6.45) is 5.79. The quantitative estimate of drug-likeness (QED) is 0.833. The second-order valence-electron chi connectivity index (χ2n) is 7.49. The van der Waals surface area contributed by atoms with Crippen molar-refractivity contribution in [2.24, 2.45) is 17.6 Å². The smallest absolute Gasteiger partial charge is 0.242 e. The molecule has 1 aromatic rings. The van der Waals surface area contributed by atoms with Crippen LogP contribution in [0.5, 0.6) is 0 Å². The van der Waals surface area contributed by atoms with Crippen molar-refractivity contribution in [2.45, 2.75) is 50.2 Å². The molecule has 3 unspecified atom stereocenters. The molecule has 0 aliphatic heterocycles. The van der Waals surface area contributed by atoms with Crippen molar-refractivity contribution in [1.29, 1.82) is 0 Å². The number of nitrogens with two attached hydrogens (primary N) is 1. The van der Waals surface area contributed by atoms with Gasteiger partial charge in [-0.3, -0.25) is 9.69 Å². The zero-order chi connectivity index (χ0) is 16.4. The maximum absolute atomic E-state index is 13.0.